The zero-order valence-electron chi connectivity index (χ0n) is 13.2. The van der Waals surface area contributed by atoms with Crippen molar-refractivity contribution in [3.8, 4) is 5.75 Å². The van der Waals surface area contributed by atoms with Crippen molar-refractivity contribution >= 4 is 32.3 Å². The molecule has 0 atom stereocenters. The standard InChI is InChI=1S/C23H16O/c24-23-19(13-15-5-2-1-3-6-15)14-18-10-9-16-7-4-8-17-11-12-20(23)22(18)21(16)17/h1-12,14,24H,13H2. The monoisotopic (exact) mass is 308 g/mol. The predicted molar refractivity (Wildman–Crippen MR) is 101 cm³/mol. The van der Waals surface area contributed by atoms with E-state index in [1.807, 2.05) is 24.3 Å². The van der Waals surface area contributed by atoms with Gasteiger partial charge in [-0.2, -0.15) is 0 Å². The Morgan fingerprint density at radius 2 is 1.33 bits per heavy atom. The number of aromatic hydroxyl groups is 1. The first kappa shape index (κ1) is 13.4. The second kappa shape index (κ2) is 4.97. The Labute approximate surface area is 140 Å². The van der Waals surface area contributed by atoms with E-state index in [4.69, 9.17) is 0 Å². The molecule has 5 aromatic carbocycles. The molecule has 0 saturated heterocycles. The van der Waals surface area contributed by atoms with Crippen molar-refractivity contribution in [2.45, 2.75) is 6.42 Å². The van der Waals surface area contributed by atoms with Crippen molar-refractivity contribution < 1.29 is 5.11 Å². The highest BCUT2D eigenvalue weighted by Gasteiger charge is 2.14. The number of phenolic OH excluding ortho intramolecular Hbond substituents is 1. The molecule has 1 N–H and O–H groups in total. The van der Waals surface area contributed by atoms with E-state index in [0.29, 0.717) is 5.75 Å². The van der Waals surface area contributed by atoms with E-state index in [1.54, 1.807) is 0 Å². The zero-order valence-corrected chi connectivity index (χ0v) is 13.2. The average Bonchev–Trinajstić information content (AvgIpc) is 2.63. The summed E-state index contributed by atoms with van der Waals surface area (Å²) in [4.78, 5) is 0. The van der Waals surface area contributed by atoms with Crippen LogP contribution < -0.4 is 0 Å². The molecule has 0 radical (unpaired) electrons. The van der Waals surface area contributed by atoms with E-state index >= 15 is 0 Å². The van der Waals surface area contributed by atoms with Crippen molar-refractivity contribution in [1.29, 1.82) is 0 Å². The van der Waals surface area contributed by atoms with Gasteiger partial charge in [-0.25, -0.2) is 0 Å². The summed E-state index contributed by atoms with van der Waals surface area (Å²) in [5, 5.41) is 17.9. The molecule has 1 nitrogen and oxygen atoms in total. The molecule has 0 fully saturated rings. The fourth-order valence-corrected chi connectivity index (χ4v) is 3.81. The predicted octanol–water partition coefficient (Wildman–Crippen LogP) is 5.88. The van der Waals surface area contributed by atoms with Crippen molar-refractivity contribution in [3.63, 3.8) is 0 Å². The van der Waals surface area contributed by atoms with Gasteiger partial charge in [-0.1, -0.05) is 66.7 Å². The first-order chi connectivity index (χ1) is 11.8. The molecule has 1 heteroatoms. The summed E-state index contributed by atoms with van der Waals surface area (Å²) in [6.07, 6.45) is 0.739. The van der Waals surface area contributed by atoms with Gasteiger partial charge in [-0.05, 0) is 44.8 Å². The summed E-state index contributed by atoms with van der Waals surface area (Å²) >= 11 is 0. The van der Waals surface area contributed by atoms with Crippen LogP contribution in [0.3, 0.4) is 0 Å². The molecule has 0 bridgehead atoms. The second-order valence-corrected chi connectivity index (χ2v) is 6.40. The molecule has 24 heavy (non-hydrogen) atoms. The Balaban J connectivity index is 1.83. The summed E-state index contributed by atoms with van der Waals surface area (Å²) in [5.74, 6) is 0.407. The summed E-state index contributed by atoms with van der Waals surface area (Å²) < 4.78 is 0. The van der Waals surface area contributed by atoms with Crippen molar-refractivity contribution in [3.05, 3.63) is 90.0 Å². The Morgan fingerprint density at radius 1 is 0.625 bits per heavy atom. The van der Waals surface area contributed by atoms with E-state index in [-0.39, 0.29) is 0 Å². The van der Waals surface area contributed by atoms with Gasteiger partial charge in [0.15, 0.2) is 0 Å². The third-order valence-corrected chi connectivity index (χ3v) is 4.94. The molecule has 0 aliphatic carbocycles. The first-order valence-electron chi connectivity index (χ1n) is 8.23. The van der Waals surface area contributed by atoms with Crippen LogP contribution in [0.25, 0.3) is 32.3 Å². The molecule has 0 aliphatic rings. The number of benzene rings is 5. The molecule has 0 saturated carbocycles. The van der Waals surface area contributed by atoms with Gasteiger partial charge in [-0.3, -0.25) is 0 Å². The van der Waals surface area contributed by atoms with Crippen molar-refractivity contribution in [2.24, 2.45) is 0 Å². The Morgan fingerprint density at radius 3 is 2.12 bits per heavy atom. The van der Waals surface area contributed by atoms with Crippen molar-refractivity contribution in [2.75, 3.05) is 0 Å². The number of rotatable bonds is 2. The third-order valence-electron chi connectivity index (χ3n) is 4.94. The van der Waals surface area contributed by atoms with Crippen LogP contribution in [0.2, 0.25) is 0 Å². The van der Waals surface area contributed by atoms with E-state index < -0.39 is 0 Å². The van der Waals surface area contributed by atoms with Crippen LogP contribution in [0.5, 0.6) is 5.75 Å². The average molecular weight is 308 g/mol. The lowest BCUT2D eigenvalue weighted by molar-refractivity contribution is 0.476. The molecular weight excluding hydrogens is 292 g/mol. The fourth-order valence-electron chi connectivity index (χ4n) is 3.81. The minimum atomic E-state index is 0.407. The minimum Gasteiger partial charge on any atom is -0.507 e. The van der Waals surface area contributed by atoms with Crippen LogP contribution in [0.15, 0.2) is 78.9 Å². The van der Waals surface area contributed by atoms with E-state index in [1.165, 1.54) is 32.5 Å². The topological polar surface area (TPSA) is 20.2 Å². The highest BCUT2D eigenvalue weighted by molar-refractivity contribution is 6.24. The van der Waals surface area contributed by atoms with Gasteiger partial charge in [0.1, 0.15) is 5.75 Å². The summed E-state index contributed by atoms with van der Waals surface area (Å²) in [6, 6.07) is 27.3. The molecular formula is C23H16O. The van der Waals surface area contributed by atoms with Crippen LogP contribution in [-0.2, 0) is 6.42 Å². The van der Waals surface area contributed by atoms with Crippen LogP contribution in [0, 0.1) is 0 Å². The molecule has 114 valence electrons. The highest BCUT2D eigenvalue weighted by Crippen LogP contribution is 2.40. The molecule has 0 spiro atoms. The van der Waals surface area contributed by atoms with Gasteiger partial charge in [0, 0.05) is 17.2 Å². The Hall–Kier alpha value is -3.06. The normalized spacial score (nSPS) is 11.7. The van der Waals surface area contributed by atoms with Gasteiger partial charge in [0.05, 0.1) is 0 Å². The SMILES string of the molecule is Oc1c(Cc2ccccc2)cc2ccc3cccc4ccc1c2c34. The molecule has 0 amide bonds. The molecule has 0 aromatic heterocycles. The molecule has 0 aliphatic heterocycles. The third kappa shape index (κ3) is 1.88. The fraction of sp³-hybridized carbons (Fsp3) is 0.0435. The quantitative estimate of drug-likeness (QED) is 0.404. The number of hydrogen-bond donors (Lipinski definition) is 1. The lowest BCUT2D eigenvalue weighted by Crippen LogP contribution is -1.92. The van der Waals surface area contributed by atoms with E-state index in [2.05, 4.69) is 54.6 Å². The summed E-state index contributed by atoms with van der Waals surface area (Å²) in [7, 11) is 0. The Kier molecular flexibility index (Phi) is 2.77. The van der Waals surface area contributed by atoms with Crippen molar-refractivity contribution in [1.82, 2.24) is 0 Å². The minimum absolute atomic E-state index is 0.407. The molecule has 5 aromatic rings. The Bertz CT molecular complexity index is 1160. The smallest absolute Gasteiger partial charge is 0.126 e. The van der Waals surface area contributed by atoms with E-state index in [9.17, 15) is 5.11 Å². The molecule has 0 heterocycles. The largest absolute Gasteiger partial charge is 0.507 e. The van der Waals surface area contributed by atoms with Crippen LogP contribution >= 0.6 is 0 Å². The maximum absolute atomic E-state index is 10.9. The maximum Gasteiger partial charge on any atom is 0.126 e. The number of phenols is 1. The van der Waals surface area contributed by atoms with E-state index in [0.717, 1.165) is 17.4 Å². The lowest BCUT2D eigenvalue weighted by atomic mass is 9.91. The lowest BCUT2D eigenvalue weighted by Gasteiger charge is -2.14. The van der Waals surface area contributed by atoms with Gasteiger partial charge < -0.3 is 5.11 Å². The molecule has 0 unspecified atom stereocenters. The summed E-state index contributed by atoms with van der Waals surface area (Å²) in [6.45, 7) is 0. The number of hydrogen-bond acceptors (Lipinski definition) is 1. The summed E-state index contributed by atoms with van der Waals surface area (Å²) in [5.41, 5.74) is 2.19. The van der Waals surface area contributed by atoms with Gasteiger partial charge in [0.2, 0.25) is 0 Å². The second-order valence-electron chi connectivity index (χ2n) is 6.40. The van der Waals surface area contributed by atoms with Crippen LogP contribution in [-0.4, -0.2) is 5.11 Å². The van der Waals surface area contributed by atoms with Gasteiger partial charge >= 0.3 is 0 Å². The van der Waals surface area contributed by atoms with Gasteiger partial charge in [0.25, 0.3) is 0 Å². The first-order valence-corrected chi connectivity index (χ1v) is 8.23. The maximum atomic E-state index is 10.9. The van der Waals surface area contributed by atoms with Crippen LogP contribution in [0.1, 0.15) is 11.1 Å². The van der Waals surface area contributed by atoms with Gasteiger partial charge in [-0.15, -0.1) is 0 Å². The van der Waals surface area contributed by atoms with Crippen LogP contribution in [0.4, 0.5) is 0 Å². The molecule has 5 rings (SSSR count). The highest BCUT2D eigenvalue weighted by atomic mass is 16.3. The zero-order chi connectivity index (χ0) is 16.1.